The molecule has 1 unspecified atom stereocenters. The Kier molecular flexibility index (Phi) is 4.09. The first-order chi connectivity index (χ1) is 10.1. The van der Waals surface area contributed by atoms with Crippen molar-refractivity contribution in [2.75, 3.05) is 27.2 Å². The molecular formula is C17H26N2O2. The molecule has 116 valence electrons. The molecule has 1 saturated carbocycles. The Balaban J connectivity index is 1.68. The molecule has 0 bridgehead atoms. The minimum atomic E-state index is 0.236. The van der Waals surface area contributed by atoms with Gasteiger partial charge < -0.3 is 20.1 Å². The van der Waals surface area contributed by atoms with Crippen LogP contribution in [0.1, 0.15) is 43.7 Å². The molecule has 0 saturated heterocycles. The molecule has 4 heteroatoms. The van der Waals surface area contributed by atoms with Gasteiger partial charge in [-0.15, -0.1) is 0 Å². The molecule has 1 heterocycles. The standard InChI is InChI=1S/C17H26N2O2/c1-19(2)17(8-4-3-5-9-17)12-18-15-11-21-16-10-13(20)6-7-14(15)16/h6-7,10,15,18,20H,3-5,8-9,11-12H2,1-2H3. The van der Waals surface area contributed by atoms with Crippen molar-refractivity contribution in [3.05, 3.63) is 23.8 Å². The van der Waals surface area contributed by atoms with Crippen molar-refractivity contribution >= 4 is 0 Å². The van der Waals surface area contributed by atoms with Crippen LogP contribution in [0.5, 0.6) is 11.5 Å². The summed E-state index contributed by atoms with van der Waals surface area (Å²) in [6.07, 6.45) is 6.55. The Morgan fingerprint density at radius 1 is 1.29 bits per heavy atom. The van der Waals surface area contributed by atoms with Gasteiger partial charge in [-0.05, 0) is 39.1 Å². The summed E-state index contributed by atoms with van der Waals surface area (Å²) in [4.78, 5) is 2.40. The van der Waals surface area contributed by atoms with Gasteiger partial charge in [-0.3, -0.25) is 0 Å². The Labute approximate surface area is 127 Å². The lowest BCUT2D eigenvalue weighted by atomic mass is 9.80. The van der Waals surface area contributed by atoms with Crippen LogP contribution in [0.25, 0.3) is 0 Å². The highest BCUT2D eigenvalue weighted by molar-refractivity contribution is 5.44. The number of likely N-dealkylation sites (N-methyl/N-ethyl adjacent to an activating group) is 1. The molecule has 1 aliphatic heterocycles. The fourth-order valence-corrected chi connectivity index (χ4v) is 3.67. The quantitative estimate of drug-likeness (QED) is 0.895. The number of hydrogen-bond acceptors (Lipinski definition) is 4. The number of aromatic hydroxyl groups is 1. The van der Waals surface area contributed by atoms with Crippen LogP contribution in [0, 0.1) is 0 Å². The zero-order chi connectivity index (χ0) is 14.9. The van der Waals surface area contributed by atoms with Crippen molar-refractivity contribution in [1.29, 1.82) is 0 Å². The molecule has 0 radical (unpaired) electrons. The van der Waals surface area contributed by atoms with Gasteiger partial charge in [0.15, 0.2) is 0 Å². The van der Waals surface area contributed by atoms with E-state index in [-0.39, 0.29) is 17.3 Å². The molecule has 21 heavy (non-hydrogen) atoms. The third-order valence-electron chi connectivity index (χ3n) is 5.19. The van der Waals surface area contributed by atoms with E-state index in [4.69, 9.17) is 4.74 Å². The van der Waals surface area contributed by atoms with E-state index < -0.39 is 0 Å². The molecule has 0 aromatic heterocycles. The van der Waals surface area contributed by atoms with E-state index in [1.165, 1.54) is 32.1 Å². The highest BCUT2D eigenvalue weighted by Gasteiger charge is 2.35. The van der Waals surface area contributed by atoms with E-state index in [0.29, 0.717) is 6.61 Å². The van der Waals surface area contributed by atoms with Crippen LogP contribution < -0.4 is 10.1 Å². The van der Waals surface area contributed by atoms with Gasteiger partial charge in [-0.2, -0.15) is 0 Å². The van der Waals surface area contributed by atoms with Gasteiger partial charge in [-0.1, -0.05) is 19.3 Å². The van der Waals surface area contributed by atoms with Gasteiger partial charge in [0, 0.05) is 23.7 Å². The van der Waals surface area contributed by atoms with Gasteiger partial charge in [0.1, 0.15) is 18.1 Å². The van der Waals surface area contributed by atoms with Gasteiger partial charge in [0.05, 0.1) is 6.04 Å². The maximum Gasteiger partial charge on any atom is 0.127 e. The highest BCUT2D eigenvalue weighted by atomic mass is 16.5. The van der Waals surface area contributed by atoms with Crippen LogP contribution in [-0.4, -0.2) is 42.8 Å². The normalized spacial score (nSPS) is 23.9. The highest BCUT2D eigenvalue weighted by Crippen LogP contribution is 2.36. The summed E-state index contributed by atoms with van der Waals surface area (Å²) >= 11 is 0. The van der Waals surface area contributed by atoms with Gasteiger partial charge in [0.25, 0.3) is 0 Å². The lowest BCUT2D eigenvalue weighted by Crippen LogP contribution is -2.53. The van der Waals surface area contributed by atoms with E-state index in [1.54, 1.807) is 12.1 Å². The van der Waals surface area contributed by atoms with Crippen molar-refractivity contribution in [2.24, 2.45) is 0 Å². The Bertz CT molecular complexity index is 496. The molecule has 1 atom stereocenters. The summed E-state index contributed by atoms with van der Waals surface area (Å²) in [5.74, 6) is 1.08. The fourth-order valence-electron chi connectivity index (χ4n) is 3.67. The average molecular weight is 290 g/mol. The Morgan fingerprint density at radius 2 is 2.05 bits per heavy atom. The lowest BCUT2D eigenvalue weighted by Gasteiger charge is -2.43. The van der Waals surface area contributed by atoms with Gasteiger partial charge in [-0.25, -0.2) is 0 Å². The largest absolute Gasteiger partial charge is 0.508 e. The first kappa shape index (κ1) is 14.7. The van der Waals surface area contributed by atoms with E-state index in [9.17, 15) is 5.11 Å². The number of fused-ring (bicyclic) bond motifs is 1. The van der Waals surface area contributed by atoms with Gasteiger partial charge in [0.2, 0.25) is 0 Å². The summed E-state index contributed by atoms with van der Waals surface area (Å²) in [6.45, 7) is 1.65. The minimum Gasteiger partial charge on any atom is -0.508 e. The number of phenolic OH excluding ortho intramolecular Hbond substituents is 1. The van der Waals surface area contributed by atoms with E-state index in [1.807, 2.05) is 6.07 Å². The zero-order valence-electron chi connectivity index (χ0n) is 13.1. The van der Waals surface area contributed by atoms with Crippen molar-refractivity contribution in [3.8, 4) is 11.5 Å². The monoisotopic (exact) mass is 290 g/mol. The summed E-state index contributed by atoms with van der Waals surface area (Å²) in [6, 6.07) is 5.65. The molecule has 1 aromatic rings. The Morgan fingerprint density at radius 3 is 2.76 bits per heavy atom. The van der Waals surface area contributed by atoms with Crippen LogP contribution in [0.3, 0.4) is 0 Å². The van der Waals surface area contributed by atoms with Crippen LogP contribution in [-0.2, 0) is 0 Å². The van der Waals surface area contributed by atoms with Gasteiger partial charge >= 0.3 is 0 Å². The average Bonchev–Trinajstić information content (AvgIpc) is 2.88. The van der Waals surface area contributed by atoms with Crippen LogP contribution in [0.2, 0.25) is 0 Å². The number of ether oxygens (including phenoxy) is 1. The predicted molar refractivity (Wildman–Crippen MR) is 83.8 cm³/mol. The second kappa shape index (κ2) is 5.85. The third kappa shape index (κ3) is 2.87. The SMILES string of the molecule is CN(C)C1(CNC2COc3cc(O)ccc32)CCCCC1. The topological polar surface area (TPSA) is 44.7 Å². The summed E-state index contributed by atoms with van der Waals surface area (Å²) in [5.41, 5.74) is 1.44. The molecule has 4 nitrogen and oxygen atoms in total. The fraction of sp³-hybridized carbons (Fsp3) is 0.647. The van der Waals surface area contributed by atoms with E-state index in [2.05, 4.69) is 24.3 Å². The second-order valence-electron chi connectivity index (χ2n) is 6.65. The number of nitrogens with zero attached hydrogens (tertiary/aromatic N) is 1. The smallest absolute Gasteiger partial charge is 0.127 e. The van der Waals surface area contributed by atoms with Crippen LogP contribution >= 0.6 is 0 Å². The van der Waals surface area contributed by atoms with E-state index >= 15 is 0 Å². The molecule has 2 aliphatic rings. The molecule has 1 fully saturated rings. The van der Waals surface area contributed by atoms with Crippen molar-refractivity contribution in [3.63, 3.8) is 0 Å². The molecule has 0 amide bonds. The predicted octanol–water partition coefficient (Wildman–Crippen LogP) is 2.68. The van der Waals surface area contributed by atoms with Crippen molar-refractivity contribution in [1.82, 2.24) is 10.2 Å². The molecule has 1 aliphatic carbocycles. The molecule has 1 aromatic carbocycles. The maximum atomic E-state index is 9.52. The first-order valence-corrected chi connectivity index (χ1v) is 7.97. The summed E-state index contributed by atoms with van der Waals surface area (Å²) < 4.78 is 5.69. The number of rotatable bonds is 4. The lowest BCUT2D eigenvalue weighted by molar-refractivity contribution is 0.0938. The van der Waals surface area contributed by atoms with Crippen molar-refractivity contribution < 1.29 is 9.84 Å². The van der Waals surface area contributed by atoms with Crippen LogP contribution in [0.15, 0.2) is 18.2 Å². The molecule has 3 rings (SSSR count). The summed E-state index contributed by atoms with van der Waals surface area (Å²) in [5, 5.41) is 13.2. The Hall–Kier alpha value is -1.26. The summed E-state index contributed by atoms with van der Waals surface area (Å²) in [7, 11) is 4.40. The van der Waals surface area contributed by atoms with Crippen molar-refractivity contribution in [2.45, 2.75) is 43.7 Å². The molecular weight excluding hydrogens is 264 g/mol. The van der Waals surface area contributed by atoms with E-state index in [0.717, 1.165) is 17.9 Å². The minimum absolute atomic E-state index is 0.236. The number of phenols is 1. The maximum absolute atomic E-state index is 9.52. The van der Waals surface area contributed by atoms with Crippen LogP contribution in [0.4, 0.5) is 0 Å². The molecule has 2 N–H and O–H groups in total. The number of hydrogen-bond donors (Lipinski definition) is 2. The third-order valence-corrected chi connectivity index (χ3v) is 5.19. The second-order valence-corrected chi connectivity index (χ2v) is 6.65. The zero-order valence-corrected chi connectivity index (χ0v) is 13.1. The number of benzene rings is 1. The first-order valence-electron chi connectivity index (χ1n) is 7.97. The number of nitrogens with one attached hydrogen (secondary N) is 1. The molecule has 0 spiro atoms.